The Morgan fingerprint density at radius 2 is 1.75 bits per heavy atom. The van der Waals surface area contributed by atoms with Crippen LogP contribution in [0.2, 0.25) is 0 Å². The fourth-order valence-corrected chi connectivity index (χ4v) is 6.58. The van der Waals surface area contributed by atoms with E-state index in [1.54, 1.807) is 7.11 Å². The Balaban J connectivity index is 1.62. The number of fused-ring (bicyclic) bond motifs is 1. The average molecular weight is 524 g/mol. The molecular formula is C27H29N3O4S2. The van der Waals surface area contributed by atoms with Crippen LogP contribution in [0, 0.1) is 6.92 Å². The molecule has 4 aromatic rings. The van der Waals surface area contributed by atoms with Gasteiger partial charge >= 0.3 is 0 Å². The largest absolute Gasteiger partial charge is 0.383 e. The highest BCUT2D eigenvalue weighted by Crippen LogP contribution is 2.22. The number of benzene rings is 3. The van der Waals surface area contributed by atoms with Gasteiger partial charge in [-0.05, 0) is 48.4 Å². The van der Waals surface area contributed by atoms with Crippen molar-refractivity contribution in [3.8, 4) is 0 Å². The highest BCUT2D eigenvalue weighted by atomic mass is 32.2. The first-order valence-corrected chi connectivity index (χ1v) is 13.9. The van der Waals surface area contributed by atoms with E-state index in [-0.39, 0.29) is 11.4 Å². The van der Waals surface area contributed by atoms with Crippen LogP contribution in [0.15, 0.2) is 82.7 Å². The molecule has 3 aromatic carbocycles. The molecule has 0 atom stereocenters. The Morgan fingerprint density at radius 1 is 1.03 bits per heavy atom. The summed E-state index contributed by atoms with van der Waals surface area (Å²) in [5, 5.41) is 0. The molecule has 188 valence electrons. The molecule has 0 saturated heterocycles. The molecule has 0 aliphatic rings. The van der Waals surface area contributed by atoms with Crippen LogP contribution in [0.4, 0.5) is 0 Å². The van der Waals surface area contributed by atoms with Crippen molar-refractivity contribution in [1.29, 1.82) is 0 Å². The first kappa shape index (κ1) is 26.0. The minimum absolute atomic E-state index is 0.143. The zero-order valence-electron chi connectivity index (χ0n) is 20.5. The second kappa shape index (κ2) is 11.3. The van der Waals surface area contributed by atoms with Gasteiger partial charge in [-0.3, -0.25) is 4.79 Å². The van der Waals surface area contributed by atoms with Crippen LogP contribution in [0.25, 0.3) is 10.2 Å². The second-order valence-corrected chi connectivity index (χ2v) is 11.3. The highest BCUT2D eigenvalue weighted by Gasteiger charge is 2.23. The van der Waals surface area contributed by atoms with Gasteiger partial charge in [-0.15, -0.1) is 0 Å². The van der Waals surface area contributed by atoms with Crippen LogP contribution < -0.4 is 4.80 Å². The smallest absolute Gasteiger partial charge is 0.279 e. The van der Waals surface area contributed by atoms with E-state index in [1.165, 1.54) is 39.9 Å². The summed E-state index contributed by atoms with van der Waals surface area (Å²) in [5.41, 5.74) is 3.37. The van der Waals surface area contributed by atoms with E-state index in [4.69, 9.17) is 4.74 Å². The van der Waals surface area contributed by atoms with Crippen molar-refractivity contribution in [2.45, 2.75) is 31.8 Å². The van der Waals surface area contributed by atoms with Gasteiger partial charge in [0, 0.05) is 32.3 Å². The molecule has 36 heavy (non-hydrogen) atoms. The number of amides is 1. The summed E-state index contributed by atoms with van der Waals surface area (Å²) in [6, 6.07) is 21.5. The Morgan fingerprint density at radius 3 is 2.42 bits per heavy atom. The van der Waals surface area contributed by atoms with Gasteiger partial charge in [-0.1, -0.05) is 60.7 Å². The lowest BCUT2D eigenvalue weighted by molar-refractivity contribution is 0.0997. The molecule has 7 nitrogen and oxygen atoms in total. The summed E-state index contributed by atoms with van der Waals surface area (Å²) in [6.45, 7) is 5.51. The predicted molar refractivity (Wildman–Crippen MR) is 142 cm³/mol. The third kappa shape index (κ3) is 5.49. The van der Waals surface area contributed by atoms with Crippen LogP contribution in [-0.4, -0.2) is 43.5 Å². The third-order valence-corrected chi connectivity index (χ3v) is 8.89. The molecule has 9 heteroatoms. The summed E-state index contributed by atoms with van der Waals surface area (Å²) < 4.78 is 36.2. The van der Waals surface area contributed by atoms with E-state index in [0.29, 0.717) is 30.1 Å². The zero-order chi connectivity index (χ0) is 25.7. The van der Waals surface area contributed by atoms with Crippen molar-refractivity contribution in [2.75, 3.05) is 20.3 Å². The SMILES string of the molecule is CCN(Cc1ccccc1)S(=O)(=O)c1ccc(C(=O)N=c2sc3cccc(C)c3n2CCOC)cc1. The Hall–Kier alpha value is -3.11. The molecule has 4 rings (SSSR count). The number of carbonyl (C=O) groups excluding carboxylic acids is 1. The van der Waals surface area contributed by atoms with Gasteiger partial charge in [-0.25, -0.2) is 8.42 Å². The molecule has 0 radical (unpaired) electrons. The standard InChI is InChI=1S/C27H29N3O4S2/c1-4-29(19-21-10-6-5-7-11-21)36(32,33)23-15-13-22(14-16-23)26(31)28-27-30(17-18-34-3)25-20(2)9-8-12-24(25)35-27/h5-16H,4,17-19H2,1-3H3. The number of sulfonamides is 1. The highest BCUT2D eigenvalue weighted by molar-refractivity contribution is 7.89. The molecule has 0 fully saturated rings. The molecule has 1 amide bonds. The number of carbonyl (C=O) groups is 1. The van der Waals surface area contributed by atoms with Gasteiger partial charge in [0.25, 0.3) is 5.91 Å². The van der Waals surface area contributed by atoms with Crippen molar-refractivity contribution in [3.63, 3.8) is 0 Å². The Bertz CT molecular complexity index is 1520. The summed E-state index contributed by atoms with van der Waals surface area (Å²) >= 11 is 1.44. The fraction of sp³-hybridized carbons (Fsp3) is 0.259. The lowest BCUT2D eigenvalue weighted by Crippen LogP contribution is -2.30. The summed E-state index contributed by atoms with van der Waals surface area (Å²) in [4.78, 5) is 18.1. The van der Waals surface area contributed by atoms with Crippen molar-refractivity contribution in [3.05, 3.63) is 94.3 Å². The minimum atomic E-state index is -3.71. The second-order valence-electron chi connectivity index (χ2n) is 8.31. The number of hydrogen-bond donors (Lipinski definition) is 0. The van der Waals surface area contributed by atoms with Crippen LogP contribution in [0.5, 0.6) is 0 Å². The number of aryl methyl sites for hydroxylation is 1. The number of rotatable bonds is 9. The third-order valence-electron chi connectivity index (χ3n) is 5.91. The normalized spacial score (nSPS) is 12.5. The first-order chi connectivity index (χ1) is 17.3. The van der Waals surface area contributed by atoms with Crippen molar-refractivity contribution >= 4 is 37.5 Å². The topological polar surface area (TPSA) is 81.0 Å². The van der Waals surface area contributed by atoms with Crippen LogP contribution >= 0.6 is 11.3 Å². The predicted octanol–water partition coefficient (Wildman–Crippen LogP) is 4.61. The molecule has 1 heterocycles. The average Bonchev–Trinajstić information content (AvgIpc) is 3.24. The van der Waals surface area contributed by atoms with Gasteiger partial charge in [0.05, 0.1) is 21.7 Å². The molecule has 0 bridgehead atoms. The Kier molecular flexibility index (Phi) is 8.15. The van der Waals surface area contributed by atoms with Gasteiger partial charge in [0.15, 0.2) is 4.80 Å². The maximum atomic E-state index is 13.2. The quantitative estimate of drug-likeness (QED) is 0.321. The molecule has 0 spiro atoms. The zero-order valence-corrected chi connectivity index (χ0v) is 22.2. The van der Waals surface area contributed by atoms with Crippen molar-refractivity contribution in [1.82, 2.24) is 8.87 Å². The number of nitrogens with zero attached hydrogens (tertiary/aromatic N) is 3. The van der Waals surface area contributed by atoms with Crippen molar-refractivity contribution < 1.29 is 17.9 Å². The molecule has 0 aliphatic heterocycles. The molecule has 1 aromatic heterocycles. The van der Waals surface area contributed by atoms with Crippen LogP contribution in [0.3, 0.4) is 0 Å². The van der Waals surface area contributed by atoms with Crippen LogP contribution in [0.1, 0.15) is 28.4 Å². The number of para-hydroxylation sites is 1. The van der Waals surface area contributed by atoms with E-state index in [2.05, 4.69) is 4.99 Å². The molecule has 0 aliphatic carbocycles. The number of hydrogen-bond acceptors (Lipinski definition) is 5. The molecule has 0 unspecified atom stereocenters. The molecule has 0 saturated carbocycles. The van der Waals surface area contributed by atoms with Gasteiger partial charge in [0.1, 0.15) is 0 Å². The number of methoxy groups -OCH3 is 1. The molecular weight excluding hydrogens is 494 g/mol. The monoisotopic (exact) mass is 523 g/mol. The summed E-state index contributed by atoms with van der Waals surface area (Å²) in [5.74, 6) is -0.425. The van der Waals surface area contributed by atoms with Crippen molar-refractivity contribution in [2.24, 2.45) is 4.99 Å². The maximum Gasteiger partial charge on any atom is 0.279 e. The van der Waals surface area contributed by atoms with Gasteiger partial charge in [-0.2, -0.15) is 9.30 Å². The van der Waals surface area contributed by atoms with E-state index >= 15 is 0 Å². The number of ether oxygens (including phenoxy) is 1. The van der Waals surface area contributed by atoms with E-state index < -0.39 is 15.9 Å². The first-order valence-electron chi connectivity index (χ1n) is 11.7. The fourth-order valence-electron chi connectivity index (χ4n) is 4.01. The summed E-state index contributed by atoms with van der Waals surface area (Å²) in [6.07, 6.45) is 0. The van der Waals surface area contributed by atoms with Gasteiger partial charge < -0.3 is 9.30 Å². The van der Waals surface area contributed by atoms with E-state index in [1.807, 2.05) is 66.9 Å². The van der Waals surface area contributed by atoms with Crippen LogP contribution in [-0.2, 0) is 27.8 Å². The number of aromatic nitrogens is 1. The molecule has 0 N–H and O–H groups in total. The minimum Gasteiger partial charge on any atom is -0.383 e. The Labute approximate surface area is 215 Å². The lowest BCUT2D eigenvalue weighted by Gasteiger charge is -2.20. The number of thiazole rings is 1. The van der Waals surface area contributed by atoms with Gasteiger partial charge in [0.2, 0.25) is 10.0 Å². The lowest BCUT2D eigenvalue weighted by atomic mass is 10.2. The van der Waals surface area contributed by atoms with E-state index in [0.717, 1.165) is 21.3 Å². The maximum absolute atomic E-state index is 13.2. The summed E-state index contributed by atoms with van der Waals surface area (Å²) in [7, 11) is -2.08. The van der Waals surface area contributed by atoms with E-state index in [9.17, 15) is 13.2 Å².